The normalized spacial score (nSPS) is 18.2. The van der Waals surface area contributed by atoms with Crippen LogP contribution in [-0.2, 0) is 12.1 Å². The summed E-state index contributed by atoms with van der Waals surface area (Å²) in [5, 5.41) is 15.1. The molecule has 1 fully saturated rings. The van der Waals surface area contributed by atoms with Crippen LogP contribution < -0.4 is 0 Å². The summed E-state index contributed by atoms with van der Waals surface area (Å²) >= 11 is 0. The molecule has 1 aliphatic heterocycles. The molecule has 0 radical (unpaired) electrons. The summed E-state index contributed by atoms with van der Waals surface area (Å²) < 4.78 is 28.9. The topological polar surface area (TPSA) is 54.2 Å². The van der Waals surface area contributed by atoms with E-state index in [0.29, 0.717) is 13.0 Å². The SMILES string of the molecule is O[C@@](CCN1CCCC1)(Cn1cncn1)c1ccc(F)cc1F. The minimum absolute atomic E-state index is 0.0728. The van der Waals surface area contributed by atoms with Gasteiger partial charge in [0.25, 0.3) is 0 Å². The molecule has 124 valence electrons. The Hall–Kier alpha value is -1.86. The highest BCUT2D eigenvalue weighted by Crippen LogP contribution is 2.30. The molecule has 1 N–H and O–H groups in total. The molecular weight excluding hydrogens is 302 g/mol. The molecule has 1 saturated heterocycles. The molecule has 1 aromatic heterocycles. The predicted molar refractivity (Wildman–Crippen MR) is 80.6 cm³/mol. The molecule has 1 aromatic carbocycles. The van der Waals surface area contributed by atoms with Crippen LogP contribution in [0.1, 0.15) is 24.8 Å². The van der Waals surface area contributed by atoms with E-state index < -0.39 is 17.2 Å². The molecule has 0 spiro atoms. The van der Waals surface area contributed by atoms with Crippen molar-refractivity contribution >= 4 is 0 Å². The first-order valence-electron chi connectivity index (χ1n) is 7.79. The maximum absolute atomic E-state index is 14.2. The van der Waals surface area contributed by atoms with Crippen molar-refractivity contribution in [2.45, 2.75) is 31.4 Å². The third-order valence-electron chi connectivity index (χ3n) is 4.36. The van der Waals surface area contributed by atoms with Crippen LogP contribution in [0.15, 0.2) is 30.9 Å². The molecule has 1 atom stereocenters. The Balaban J connectivity index is 1.84. The van der Waals surface area contributed by atoms with Gasteiger partial charge in [-0.2, -0.15) is 5.10 Å². The third kappa shape index (κ3) is 3.73. The summed E-state index contributed by atoms with van der Waals surface area (Å²) in [4.78, 5) is 6.09. The predicted octanol–water partition coefficient (Wildman–Crippen LogP) is 1.93. The van der Waals surface area contributed by atoms with Gasteiger partial charge in [-0.05, 0) is 38.4 Å². The molecule has 5 nitrogen and oxygen atoms in total. The Kier molecular flexibility index (Phi) is 4.68. The first kappa shape index (κ1) is 16.0. The highest BCUT2D eigenvalue weighted by Gasteiger charge is 2.34. The van der Waals surface area contributed by atoms with E-state index in [4.69, 9.17) is 0 Å². The van der Waals surface area contributed by atoms with Crippen molar-refractivity contribution in [2.75, 3.05) is 19.6 Å². The lowest BCUT2D eigenvalue weighted by Crippen LogP contribution is -2.37. The molecule has 7 heteroatoms. The average Bonchev–Trinajstić information content (AvgIpc) is 3.18. The molecule has 2 aromatic rings. The van der Waals surface area contributed by atoms with Crippen LogP contribution in [-0.4, -0.2) is 44.4 Å². The van der Waals surface area contributed by atoms with Crippen molar-refractivity contribution in [3.63, 3.8) is 0 Å². The number of likely N-dealkylation sites (tertiary alicyclic amines) is 1. The Labute approximate surface area is 133 Å². The van der Waals surface area contributed by atoms with Crippen LogP contribution >= 0.6 is 0 Å². The number of aliphatic hydroxyl groups is 1. The lowest BCUT2D eigenvalue weighted by molar-refractivity contribution is -0.00409. The van der Waals surface area contributed by atoms with Gasteiger partial charge < -0.3 is 10.0 Å². The molecule has 0 unspecified atom stereocenters. The van der Waals surface area contributed by atoms with Crippen LogP contribution in [0.25, 0.3) is 0 Å². The maximum Gasteiger partial charge on any atom is 0.137 e. The Morgan fingerprint density at radius 2 is 2.00 bits per heavy atom. The van der Waals surface area contributed by atoms with Gasteiger partial charge in [-0.25, -0.2) is 18.4 Å². The molecule has 0 aliphatic carbocycles. The van der Waals surface area contributed by atoms with Crippen LogP contribution in [0, 0.1) is 11.6 Å². The quantitative estimate of drug-likeness (QED) is 0.883. The monoisotopic (exact) mass is 322 g/mol. The number of aromatic nitrogens is 3. The van der Waals surface area contributed by atoms with Gasteiger partial charge in [-0.15, -0.1) is 0 Å². The number of nitrogens with zero attached hydrogens (tertiary/aromatic N) is 4. The number of halogens is 2. The lowest BCUT2D eigenvalue weighted by atomic mass is 9.89. The van der Waals surface area contributed by atoms with Gasteiger partial charge in [-0.3, -0.25) is 0 Å². The zero-order valence-corrected chi connectivity index (χ0v) is 12.8. The number of benzene rings is 1. The maximum atomic E-state index is 14.2. The fourth-order valence-corrected chi connectivity index (χ4v) is 3.10. The highest BCUT2D eigenvalue weighted by atomic mass is 19.1. The highest BCUT2D eigenvalue weighted by molar-refractivity contribution is 5.25. The van der Waals surface area contributed by atoms with Crippen molar-refractivity contribution in [3.05, 3.63) is 48.1 Å². The summed E-state index contributed by atoms with van der Waals surface area (Å²) in [6.45, 7) is 2.71. The fourth-order valence-electron chi connectivity index (χ4n) is 3.10. The molecule has 0 bridgehead atoms. The van der Waals surface area contributed by atoms with Crippen molar-refractivity contribution < 1.29 is 13.9 Å². The van der Waals surface area contributed by atoms with Crippen LogP contribution in [0.4, 0.5) is 8.78 Å². The van der Waals surface area contributed by atoms with Crippen molar-refractivity contribution in [1.82, 2.24) is 19.7 Å². The fraction of sp³-hybridized carbons (Fsp3) is 0.500. The average molecular weight is 322 g/mol. The first-order valence-corrected chi connectivity index (χ1v) is 7.79. The van der Waals surface area contributed by atoms with Crippen LogP contribution in [0.2, 0.25) is 0 Å². The van der Waals surface area contributed by atoms with E-state index in [9.17, 15) is 13.9 Å². The van der Waals surface area contributed by atoms with E-state index in [1.165, 1.54) is 29.5 Å². The molecule has 1 aliphatic rings. The van der Waals surface area contributed by atoms with Crippen molar-refractivity contribution in [1.29, 1.82) is 0 Å². The number of hydrogen-bond donors (Lipinski definition) is 1. The summed E-state index contributed by atoms with van der Waals surface area (Å²) in [6.07, 6.45) is 5.47. The number of rotatable bonds is 6. The molecule has 2 heterocycles. The molecule has 0 saturated carbocycles. The van der Waals surface area contributed by atoms with Crippen molar-refractivity contribution in [3.8, 4) is 0 Å². The summed E-state index contributed by atoms with van der Waals surface area (Å²) in [5.41, 5.74) is -1.37. The molecule has 0 amide bonds. The summed E-state index contributed by atoms with van der Waals surface area (Å²) in [7, 11) is 0. The Morgan fingerprint density at radius 3 is 2.65 bits per heavy atom. The molecular formula is C16H20F2N4O. The van der Waals surface area contributed by atoms with Crippen LogP contribution in [0.3, 0.4) is 0 Å². The van der Waals surface area contributed by atoms with Gasteiger partial charge in [0, 0.05) is 18.2 Å². The van der Waals surface area contributed by atoms with Crippen molar-refractivity contribution in [2.24, 2.45) is 0 Å². The van der Waals surface area contributed by atoms with Gasteiger partial charge in [0.15, 0.2) is 0 Å². The first-order chi connectivity index (χ1) is 11.1. The Bertz CT molecular complexity index is 644. The standard InChI is InChI=1S/C16H20F2N4O/c17-13-3-4-14(15(18)9-13)16(23,10-22-12-19-11-20-22)5-8-21-6-1-2-7-21/h3-4,9,11-12,23H,1-2,5-8,10H2/t16-/m0/s1. The second-order valence-corrected chi connectivity index (χ2v) is 6.05. The van der Waals surface area contributed by atoms with E-state index in [2.05, 4.69) is 15.0 Å². The zero-order valence-electron chi connectivity index (χ0n) is 12.8. The molecule has 23 heavy (non-hydrogen) atoms. The van der Waals surface area contributed by atoms with Gasteiger partial charge in [0.1, 0.15) is 29.9 Å². The smallest absolute Gasteiger partial charge is 0.137 e. The van der Waals surface area contributed by atoms with Gasteiger partial charge in [-0.1, -0.05) is 6.07 Å². The van der Waals surface area contributed by atoms with E-state index in [0.717, 1.165) is 32.0 Å². The third-order valence-corrected chi connectivity index (χ3v) is 4.36. The largest absolute Gasteiger partial charge is 0.383 e. The van der Waals surface area contributed by atoms with Gasteiger partial charge in [0.05, 0.1) is 6.54 Å². The summed E-state index contributed by atoms with van der Waals surface area (Å²) in [6, 6.07) is 3.28. The zero-order chi connectivity index (χ0) is 16.3. The van der Waals surface area contributed by atoms with Gasteiger partial charge in [0.2, 0.25) is 0 Å². The lowest BCUT2D eigenvalue weighted by Gasteiger charge is -2.30. The summed E-state index contributed by atoms with van der Waals surface area (Å²) in [5.74, 6) is -1.40. The minimum atomic E-state index is -1.46. The van der Waals surface area contributed by atoms with Crippen LogP contribution in [0.5, 0.6) is 0 Å². The van der Waals surface area contributed by atoms with E-state index in [1.807, 2.05) is 0 Å². The molecule has 3 rings (SSSR count). The van der Waals surface area contributed by atoms with E-state index in [-0.39, 0.29) is 12.1 Å². The Morgan fingerprint density at radius 1 is 1.22 bits per heavy atom. The van der Waals surface area contributed by atoms with E-state index in [1.54, 1.807) is 0 Å². The second kappa shape index (κ2) is 6.72. The number of hydrogen-bond acceptors (Lipinski definition) is 4. The van der Waals surface area contributed by atoms with E-state index >= 15 is 0 Å². The minimum Gasteiger partial charge on any atom is -0.383 e. The second-order valence-electron chi connectivity index (χ2n) is 6.05. The van der Waals surface area contributed by atoms with Gasteiger partial charge >= 0.3 is 0 Å².